The summed E-state index contributed by atoms with van der Waals surface area (Å²) >= 11 is 0. The van der Waals surface area contributed by atoms with Gasteiger partial charge < -0.3 is 29.0 Å². The number of anilines is 3. The number of halogens is 1. The van der Waals surface area contributed by atoms with Crippen molar-refractivity contribution in [2.24, 2.45) is 5.92 Å². The molecule has 3 aromatic carbocycles. The number of benzene rings is 3. The van der Waals surface area contributed by atoms with Crippen molar-refractivity contribution in [1.29, 1.82) is 0 Å². The van der Waals surface area contributed by atoms with Gasteiger partial charge in [0.2, 0.25) is 0 Å². The van der Waals surface area contributed by atoms with Crippen LogP contribution in [0.2, 0.25) is 0 Å². The van der Waals surface area contributed by atoms with Crippen LogP contribution in [0.5, 0.6) is 0 Å². The van der Waals surface area contributed by atoms with Crippen molar-refractivity contribution < 1.29 is 18.4 Å². The van der Waals surface area contributed by atoms with Gasteiger partial charge in [-0.3, -0.25) is 14.4 Å². The number of piperazine rings is 1. The average Bonchev–Trinajstić information content (AvgIpc) is 3.12. The number of piperidine rings is 1. The molecule has 5 aromatic rings. The Morgan fingerprint density at radius 1 is 0.796 bits per heavy atom. The van der Waals surface area contributed by atoms with E-state index in [1.54, 1.807) is 65.6 Å². The van der Waals surface area contributed by atoms with Gasteiger partial charge in [0.1, 0.15) is 17.0 Å². The lowest BCUT2D eigenvalue weighted by Gasteiger charge is -2.44. The van der Waals surface area contributed by atoms with E-state index in [0.29, 0.717) is 68.0 Å². The third-order valence-corrected chi connectivity index (χ3v) is 9.96. The van der Waals surface area contributed by atoms with Gasteiger partial charge in [-0.15, -0.1) is 0 Å². The molecule has 2 amide bonds. The van der Waals surface area contributed by atoms with Gasteiger partial charge in [0, 0.05) is 80.1 Å². The van der Waals surface area contributed by atoms with Crippen LogP contribution in [-0.2, 0) is 6.54 Å². The largest absolute Gasteiger partial charge is 0.422 e. The monoisotopic (exact) mass is 659 g/mol. The number of carbonyl (C=O) groups is 2. The van der Waals surface area contributed by atoms with Crippen LogP contribution in [0.4, 0.5) is 21.5 Å². The molecule has 10 nitrogen and oxygen atoms in total. The molecule has 2 atom stereocenters. The summed E-state index contributed by atoms with van der Waals surface area (Å²) in [5.74, 6) is -0.752. The molecule has 0 saturated carbocycles. The molecule has 0 aliphatic carbocycles. The molecule has 49 heavy (non-hydrogen) atoms. The van der Waals surface area contributed by atoms with Crippen LogP contribution in [-0.4, -0.2) is 60.5 Å². The lowest BCUT2D eigenvalue weighted by Crippen LogP contribution is -2.49. The number of nitrogens with one attached hydrogen (secondary N) is 1. The minimum atomic E-state index is -0.751. The molecule has 0 radical (unpaired) electrons. The predicted molar refractivity (Wildman–Crippen MR) is 185 cm³/mol. The Hall–Kier alpha value is -5.71. The van der Waals surface area contributed by atoms with Crippen molar-refractivity contribution in [2.45, 2.75) is 18.9 Å². The number of hydrogen-bond donors (Lipinski definition) is 1. The van der Waals surface area contributed by atoms with E-state index in [1.165, 1.54) is 18.2 Å². The molecule has 3 aliphatic rings. The summed E-state index contributed by atoms with van der Waals surface area (Å²) < 4.78 is 20.8. The van der Waals surface area contributed by atoms with Crippen LogP contribution in [0.3, 0.4) is 0 Å². The fourth-order valence-corrected chi connectivity index (χ4v) is 7.55. The SMILES string of the molecule is O=C(Nc1cc(C(=O)N2CCN(c3ccc(F)cc3)CC2)ccc1N1CC2CC(C1)c1cccc(=O)n1C2)c1cc2ccccc2oc1=O. The second kappa shape index (κ2) is 12.4. The van der Waals surface area contributed by atoms with Crippen molar-refractivity contribution in [3.63, 3.8) is 0 Å². The molecule has 5 heterocycles. The Kier molecular flexibility index (Phi) is 7.74. The van der Waals surface area contributed by atoms with E-state index in [4.69, 9.17) is 4.42 Å². The van der Waals surface area contributed by atoms with Crippen LogP contribution >= 0.6 is 0 Å². The zero-order chi connectivity index (χ0) is 33.6. The lowest BCUT2D eigenvalue weighted by molar-refractivity contribution is 0.0746. The molecule has 2 bridgehead atoms. The topological polar surface area (TPSA) is 108 Å². The summed E-state index contributed by atoms with van der Waals surface area (Å²) in [6.07, 6.45) is 0.959. The highest BCUT2D eigenvalue weighted by atomic mass is 19.1. The third-order valence-electron chi connectivity index (χ3n) is 9.96. The Bertz CT molecular complexity index is 2210. The highest BCUT2D eigenvalue weighted by molar-refractivity contribution is 6.08. The number of hydrogen-bond acceptors (Lipinski definition) is 7. The fraction of sp³-hybridized carbons (Fsp3) is 0.263. The Balaban J connectivity index is 1.09. The lowest BCUT2D eigenvalue weighted by atomic mass is 9.83. The van der Waals surface area contributed by atoms with E-state index in [1.807, 2.05) is 16.7 Å². The normalized spacial score (nSPS) is 18.7. The summed E-state index contributed by atoms with van der Waals surface area (Å²) in [6.45, 7) is 4.05. The third kappa shape index (κ3) is 5.85. The van der Waals surface area contributed by atoms with Gasteiger partial charge in [0.15, 0.2) is 0 Å². The molecular formula is C38H34FN5O5. The number of pyridine rings is 1. The maximum Gasteiger partial charge on any atom is 0.349 e. The van der Waals surface area contributed by atoms with E-state index < -0.39 is 11.5 Å². The Morgan fingerprint density at radius 2 is 1.59 bits per heavy atom. The Morgan fingerprint density at radius 3 is 2.41 bits per heavy atom. The van der Waals surface area contributed by atoms with Crippen LogP contribution in [0, 0.1) is 11.7 Å². The van der Waals surface area contributed by atoms with E-state index in [0.717, 1.165) is 23.5 Å². The molecular weight excluding hydrogens is 625 g/mol. The maximum absolute atomic E-state index is 13.8. The Labute approximate surface area is 281 Å². The first-order chi connectivity index (χ1) is 23.8. The van der Waals surface area contributed by atoms with Crippen molar-refractivity contribution >= 4 is 39.8 Å². The van der Waals surface area contributed by atoms with Crippen molar-refractivity contribution in [1.82, 2.24) is 9.47 Å². The van der Waals surface area contributed by atoms with Gasteiger partial charge in [0.05, 0.1) is 11.4 Å². The quantitative estimate of drug-likeness (QED) is 0.267. The summed E-state index contributed by atoms with van der Waals surface area (Å²) in [6, 6.07) is 25.6. The highest BCUT2D eigenvalue weighted by Gasteiger charge is 2.36. The summed E-state index contributed by atoms with van der Waals surface area (Å²) in [5.41, 5.74) is 2.96. The molecule has 2 aromatic heterocycles. The number of nitrogens with zero attached hydrogens (tertiary/aromatic N) is 4. The second-order valence-electron chi connectivity index (χ2n) is 13.0. The summed E-state index contributed by atoms with van der Waals surface area (Å²) in [7, 11) is 0. The van der Waals surface area contributed by atoms with Crippen molar-refractivity contribution in [2.75, 3.05) is 54.4 Å². The second-order valence-corrected chi connectivity index (χ2v) is 13.0. The van der Waals surface area contributed by atoms with Crippen LogP contribution in [0.25, 0.3) is 11.0 Å². The maximum atomic E-state index is 13.8. The number of fused-ring (bicyclic) bond motifs is 5. The van der Waals surface area contributed by atoms with Crippen molar-refractivity contribution in [3.05, 3.63) is 134 Å². The summed E-state index contributed by atoms with van der Waals surface area (Å²) in [5, 5.41) is 3.57. The number of carbonyl (C=O) groups excluding carboxylic acids is 2. The fourth-order valence-electron chi connectivity index (χ4n) is 7.55. The minimum absolute atomic E-state index is 0.00387. The molecule has 3 aliphatic heterocycles. The average molecular weight is 660 g/mol. The smallest absolute Gasteiger partial charge is 0.349 e. The molecule has 11 heteroatoms. The zero-order valence-corrected chi connectivity index (χ0v) is 26.7. The van der Waals surface area contributed by atoms with E-state index in [9.17, 15) is 23.6 Å². The number of aromatic nitrogens is 1. The first-order valence-corrected chi connectivity index (χ1v) is 16.5. The first kappa shape index (κ1) is 30.6. The molecule has 2 unspecified atom stereocenters. The van der Waals surface area contributed by atoms with Gasteiger partial charge in [-0.05, 0) is 73.0 Å². The van der Waals surface area contributed by atoms with E-state index in [2.05, 4.69) is 15.1 Å². The first-order valence-electron chi connectivity index (χ1n) is 16.5. The predicted octanol–water partition coefficient (Wildman–Crippen LogP) is 4.93. The molecule has 2 saturated heterocycles. The standard InChI is InChI=1S/C38H34FN5O5/c39-28-9-11-29(12-10-28)41-14-16-42(17-15-41)37(47)26-8-13-33(43-21-24-18-27(23-43)32-5-3-7-35(45)44(32)22-24)31(20-26)40-36(46)30-19-25-4-1-2-6-34(25)49-38(30)48/h1-13,19-20,24,27H,14-18,21-23H2,(H,40,46). The number of rotatable bonds is 5. The number of para-hydroxylation sites is 1. The minimum Gasteiger partial charge on any atom is -0.422 e. The molecule has 8 rings (SSSR count). The van der Waals surface area contributed by atoms with Gasteiger partial charge in [-0.1, -0.05) is 24.3 Å². The molecule has 2 fully saturated rings. The van der Waals surface area contributed by atoms with Gasteiger partial charge >= 0.3 is 5.63 Å². The summed E-state index contributed by atoms with van der Waals surface area (Å²) in [4.78, 5) is 59.2. The highest BCUT2D eigenvalue weighted by Crippen LogP contribution is 2.39. The van der Waals surface area contributed by atoms with Crippen LogP contribution < -0.4 is 26.3 Å². The molecule has 1 N–H and O–H groups in total. The van der Waals surface area contributed by atoms with Gasteiger partial charge in [-0.25, -0.2) is 9.18 Å². The molecule has 248 valence electrons. The number of amides is 2. The van der Waals surface area contributed by atoms with Gasteiger partial charge in [-0.2, -0.15) is 0 Å². The van der Waals surface area contributed by atoms with E-state index >= 15 is 0 Å². The zero-order valence-electron chi connectivity index (χ0n) is 26.7. The van der Waals surface area contributed by atoms with Crippen molar-refractivity contribution in [3.8, 4) is 0 Å². The molecule has 0 spiro atoms. The van der Waals surface area contributed by atoms with Crippen LogP contribution in [0.15, 0.2) is 105 Å². The van der Waals surface area contributed by atoms with Gasteiger partial charge in [0.25, 0.3) is 17.4 Å². The van der Waals surface area contributed by atoms with Crippen LogP contribution in [0.1, 0.15) is 38.7 Å². The van der Waals surface area contributed by atoms with E-state index in [-0.39, 0.29) is 34.7 Å².